The van der Waals surface area contributed by atoms with Gasteiger partial charge in [-0.25, -0.2) is 0 Å². The van der Waals surface area contributed by atoms with E-state index in [0.29, 0.717) is 5.41 Å². The van der Waals surface area contributed by atoms with E-state index in [1.54, 1.807) is 0 Å². The summed E-state index contributed by atoms with van der Waals surface area (Å²) in [6.45, 7) is 4.27. The Bertz CT molecular complexity index is 217. The second-order valence-corrected chi connectivity index (χ2v) is 6.69. The fourth-order valence-electron chi connectivity index (χ4n) is 3.66. The monoisotopic (exact) mass is 239 g/mol. The number of nitrogens with one attached hydrogen (secondary N) is 1. The van der Waals surface area contributed by atoms with Crippen molar-refractivity contribution in [2.24, 2.45) is 11.3 Å². The number of aliphatic hydroxyl groups excluding tert-OH is 1. The number of aliphatic hydroxyl groups is 1. The van der Waals surface area contributed by atoms with Crippen molar-refractivity contribution in [3.05, 3.63) is 0 Å². The summed E-state index contributed by atoms with van der Waals surface area (Å²) < 4.78 is 0. The third-order valence-corrected chi connectivity index (χ3v) is 4.82. The first kappa shape index (κ1) is 13.4. The first-order valence-corrected chi connectivity index (χ1v) is 7.57. The van der Waals surface area contributed by atoms with Crippen molar-refractivity contribution >= 4 is 0 Å². The summed E-state index contributed by atoms with van der Waals surface area (Å²) in [6.07, 6.45) is 11.8. The van der Waals surface area contributed by atoms with Crippen LogP contribution in [-0.4, -0.2) is 24.3 Å². The third kappa shape index (κ3) is 4.26. The fraction of sp³-hybridized carbons (Fsp3) is 1.00. The molecule has 1 atom stereocenters. The molecule has 0 aromatic rings. The minimum Gasteiger partial charge on any atom is -0.392 e. The van der Waals surface area contributed by atoms with Crippen LogP contribution in [-0.2, 0) is 0 Å². The lowest BCUT2D eigenvalue weighted by molar-refractivity contribution is 0.136. The van der Waals surface area contributed by atoms with Crippen molar-refractivity contribution in [1.82, 2.24) is 5.32 Å². The first-order chi connectivity index (χ1) is 8.18. The molecule has 2 N–H and O–H groups in total. The molecule has 2 aliphatic rings. The van der Waals surface area contributed by atoms with Gasteiger partial charge >= 0.3 is 0 Å². The van der Waals surface area contributed by atoms with Gasteiger partial charge in [0, 0.05) is 13.1 Å². The molecule has 0 spiro atoms. The highest BCUT2D eigenvalue weighted by molar-refractivity contribution is 4.83. The lowest BCUT2D eigenvalue weighted by Crippen LogP contribution is -2.35. The molecule has 2 aliphatic carbocycles. The lowest BCUT2D eigenvalue weighted by Gasteiger charge is -2.25. The highest BCUT2D eigenvalue weighted by Crippen LogP contribution is 2.36. The quantitative estimate of drug-likeness (QED) is 0.746. The van der Waals surface area contributed by atoms with Gasteiger partial charge in [-0.15, -0.1) is 0 Å². The lowest BCUT2D eigenvalue weighted by atomic mass is 9.89. The summed E-state index contributed by atoms with van der Waals surface area (Å²) in [4.78, 5) is 0. The van der Waals surface area contributed by atoms with Gasteiger partial charge in [-0.1, -0.05) is 45.4 Å². The number of hydrogen-bond acceptors (Lipinski definition) is 2. The average Bonchev–Trinajstić information content (AvgIpc) is 2.90. The molecule has 0 aromatic carbocycles. The summed E-state index contributed by atoms with van der Waals surface area (Å²) in [7, 11) is 0. The minimum atomic E-state index is -0.122. The topological polar surface area (TPSA) is 32.3 Å². The van der Waals surface area contributed by atoms with Gasteiger partial charge in [0.2, 0.25) is 0 Å². The van der Waals surface area contributed by atoms with E-state index in [0.717, 1.165) is 25.4 Å². The van der Waals surface area contributed by atoms with Crippen LogP contribution in [0.25, 0.3) is 0 Å². The Morgan fingerprint density at radius 2 is 1.82 bits per heavy atom. The molecule has 2 saturated carbocycles. The molecule has 2 heteroatoms. The number of hydrogen-bond donors (Lipinski definition) is 2. The molecule has 0 heterocycles. The van der Waals surface area contributed by atoms with Gasteiger partial charge < -0.3 is 10.4 Å². The molecule has 0 aromatic heterocycles. The third-order valence-electron chi connectivity index (χ3n) is 4.82. The minimum absolute atomic E-state index is 0.122. The zero-order valence-corrected chi connectivity index (χ0v) is 11.4. The van der Waals surface area contributed by atoms with E-state index in [-0.39, 0.29) is 6.10 Å². The Kier molecular flexibility index (Phi) is 4.87. The van der Waals surface area contributed by atoms with Gasteiger partial charge in [0.15, 0.2) is 0 Å². The van der Waals surface area contributed by atoms with Crippen molar-refractivity contribution in [3.63, 3.8) is 0 Å². The average molecular weight is 239 g/mol. The maximum atomic E-state index is 10.0. The summed E-state index contributed by atoms with van der Waals surface area (Å²) in [6, 6.07) is 0. The normalized spacial score (nSPS) is 26.5. The Balaban J connectivity index is 1.57. The molecule has 2 rings (SSSR count). The van der Waals surface area contributed by atoms with Gasteiger partial charge in [0.25, 0.3) is 0 Å². The second-order valence-electron chi connectivity index (χ2n) is 6.69. The summed E-state index contributed by atoms with van der Waals surface area (Å²) in [5.41, 5.74) is 0.507. The molecule has 17 heavy (non-hydrogen) atoms. The van der Waals surface area contributed by atoms with Crippen LogP contribution in [0.2, 0.25) is 0 Å². The predicted octanol–water partition coefficient (Wildman–Crippen LogP) is 3.10. The zero-order valence-electron chi connectivity index (χ0n) is 11.4. The van der Waals surface area contributed by atoms with Crippen LogP contribution < -0.4 is 5.32 Å². The Labute approximate surface area is 106 Å². The zero-order chi connectivity index (χ0) is 12.1. The Hall–Kier alpha value is -0.0800. The molecular formula is C15H29NO. The van der Waals surface area contributed by atoms with Crippen molar-refractivity contribution in [2.45, 2.75) is 70.8 Å². The van der Waals surface area contributed by atoms with Crippen LogP contribution in [0, 0.1) is 11.3 Å². The van der Waals surface area contributed by atoms with Crippen LogP contribution >= 0.6 is 0 Å². The van der Waals surface area contributed by atoms with Crippen molar-refractivity contribution in [2.75, 3.05) is 13.1 Å². The molecule has 2 nitrogen and oxygen atoms in total. The maximum Gasteiger partial charge on any atom is 0.0667 e. The highest BCUT2D eigenvalue weighted by Gasteiger charge is 2.28. The Morgan fingerprint density at radius 3 is 2.47 bits per heavy atom. The first-order valence-electron chi connectivity index (χ1n) is 7.57. The molecule has 2 fully saturated rings. The van der Waals surface area contributed by atoms with Gasteiger partial charge in [0.05, 0.1) is 6.10 Å². The predicted molar refractivity (Wildman–Crippen MR) is 72.0 cm³/mol. The fourth-order valence-corrected chi connectivity index (χ4v) is 3.66. The van der Waals surface area contributed by atoms with E-state index in [1.807, 2.05) is 0 Å². The summed E-state index contributed by atoms with van der Waals surface area (Å²) in [5, 5.41) is 13.5. The Morgan fingerprint density at radius 1 is 1.18 bits per heavy atom. The standard InChI is InChI=1S/C15H29NO/c1-15(8-4-5-9-15)12-16-11-14(17)10-13-6-2-3-7-13/h13-14,16-17H,2-12H2,1H3. The largest absolute Gasteiger partial charge is 0.392 e. The van der Waals surface area contributed by atoms with Crippen molar-refractivity contribution in [1.29, 1.82) is 0 Å². The molecular weight excluding hydrogens is 210 g/mol. The number of rotatable bonds is 6. The smallest absolute Gasteiger partial charge is 0.0667 e. The second kappa shape index (κ2) is 6.19. The van der Waals surface area contributed by atoms with Crippen molar-refractivity contribution in [3.8, 4) is 0 Å². The summed E-state index contributed by atoms with van der Waals surface area (Å²) in [5.74, 6) is 0.800. The van der Waals surface area contributed by atoms with Gasteiger partial charge in [-0.3, -0.25) is 0 Å². The maximum absolute atomic E-state index is 10.0. The van der Waals surface area contributed by atoms with E-state index >= 15 is 0 Å². The van der Waals surface area contributed by atoms with Crippen LogP contribution in [0.4, 0.5) is 0 Å². The van der Waals surface area contributed by atoms with Gasteiger partial charge in [-0.05, 0) is 30.6 Å². The van der Waals surface area contributed by atoms with E-state index in [1.165, 1.54) is 51.4 Å². The van der Waals surface area contributed by atoms with E-state index in [9.17, 15) is 5.11 Å². The highest BCUT2D eigenvalue weighted by atomic mass is 16.3. The SMILES string of the molecule is CC1(CNCC(O)CC2CCCC2)CCCC1. The van der Waals surface area contributed by atoms with Gasteiger partial charge in [0.1, 0.15) is 0 Å². The molecule has 0 aliphatic heterocycles. The molecule has 1 unspecified atom stereocenters. The molecule has 0 radical (unpaired) electrons. The van der Waals surface area contributed by atoms with E-state index in [2.05, 4.69) is 12.2 Å². The van der Waals surface area contributed by atoms with Crippen molar-refractivity contribution < 1.29 is 5.11 Å². The van der Waals surface area contributed by atoms with Crippen LogP contribution in [0.3, 0.4) is 0 Å². The van der Waals surface area contributed by atoms with Gasteiger partial charge in [-0.2, -0.15) is 0 Å². The van der Waals surface area contributed by atoms with E-state index in [4.69, 9.17) is 0 Å². The van der Waals surface area contributed by atoms with Crippen LogP contribution in [0.5, 0.6) is 0 Å². The molecule has 0 bridgehead atoms. The van der Waals surface area contributed by atoms with Crippen LogP contribution in [0.1, 0.15) is 64.7 Å². The van der Waals surface area contributed by atoms with E-state index < -0.39 is 0 Å². The summed E-state index contributed by atoms with van der Waals surface area (Å²) >= 11 is 0. The van der Waals surface area contributed by atoms with Crippen LogP contribution in [0.15, 0.2) is 0 Å². The molecule has 0 saturated heterocycles. The molecule has 100 valence electrons. The molecule has 0 amide bonds.